The molecule has 3 heteroatoms. The summed E-state index contributed by atoms with van der Waals surface area (Å²) in [5, 5.41) is 9.01. The van der Waals surface area contributed by atoms with Gasteiger partial charge >= 0.3 is 0 Å². The Hall–Kier alpha value is -1.56. The van der Waals surface area contributed by atoms with Gasteiger partial charge in [-0.2, -0.15) is 5.26 Å². The Morgan fingerprint density at radius 3 is 2.80 bits per heavy atom. The van der Waals surface area contributed by atoms with Crippen LogP contribution in [-0.4, -0.2) is 17.6 Å². The van der Waals surface area contributed by atoms with Gasteiger partial charge in [0, 0.05) is 18.8 Å². The van der Waals surface area contributed by atoms with Crippen molar-refractivity contribution in [2.75, 3.05) is 11.4 Å². The van der Waals surface area contributed by atoms with Crippen LogP contribution >= 0.6 is 0 Å². The van der Waals surface area contributed by atoms with E-state index >= 15 is 0 Å². The summed E-state index contributed by atoms with van der Waals surface area (Å²) in [4.78, 5) is 6.30. The molecule has 0 aliphatic rings. The molecule has 0 fully saturated rings. The molecule has 0 saturated heterocycles. The lowest BCUT2D eigenvalue weighted by molar-refractivity contribution is 0.628. The maximum absolute atomic E-state index is 9.01. The summed E-state index contributed by atoms with van der Waals surface area (Å²) in [6.07, 6.45) is 4.49. The summed E-state index contributed by atoms with van der Waals surface area (Å²) < 4.78 is 0. The average Bonchev–Trinajstić information content (AvgIpc) is 2.30. The number of hydrogen-bond acceptors (Lipinski definition) is 3. The zero-order valence-corrected chi connectivity index (χ0v) is 9.57. The molecule has 1 aromatic heterocycles. The molecule has 3 nitrogen and oxygen atoms in total. The third-order valence-electron chi connectivity index (χ3n) is 2.69. The second-order valence-corrected chi connectivity index (χ2v) is 3.55. The van der Waals surface area contributed by atoms with E-state index in [9.17, 15) is 0 Å². The number of rotatable bonds is 4. The lowest BCUT2D eigenvalue weighted by Crippen LogP contribution is -2.32. The molecule has 0 N–H and O–H groups in total. The van der Waals surface area contributed by atoms with Crippen LogP contribution in [0.5, 0.6) is 0 Å². The Morgan fingerprint density at radius 2 is 2.27 bits per heavy atom. The molecule has 15 heavy (non-hydrogen) atoms. The van der Waals surface area contributed by atoms with E-state index in [1.165, 1.54) is 0 Å². The van der Waals surface area contributed by atoms with Crippen LogP contribution in [0.4, 0.5) is 5.69 Å². The molecule has 0 aliphatic heterocycles. The maximum Gasteiger partial charge on any atom is 0.101 e. The van der Waals surface area contributed by atoms with E-state index in [0.717, 1.165) is 18.7 Å². The minimum atomic E-state index is 0.436. The zero-order chi connectivity index (χ0) is 11.3. The Labute approximate surface area is 91.4 Å². The maximum atomic E-state index is 9.01. The van der Waals surface area contributed by atoms with E-state index in [1.54, 1.807) is 18.5 Å². The zero-order valence-electron chi connectivity index (χ0n) is 9.57. The van der Waals surface area contributed by atoms with Gasteiger partial charge in [-0.05, 0) is 26.3 Å². The summed E-state index contributed by atoms with van der Waals surface area (Å²) in [7, 11) is 0. The first-order valence-electron chi connectivity index (χ1n) is 5.35. The van der Waals surface area contributed by atoms with Crippen molar-refractivity contribution in [2.24, 2.45) is 0 Å². The normalized spacial score (nSPS) is 11.9. The van der Waals surface area contributed by atoms with Crippen molar-refractivity contribution >= 4 is 5.69 Å². The number of aromatic nitrogens is 1. The largest absolute Gasteiger partial charge is 0.367 e. The van der Waals surface area contributed by atoms with E-state index < -0.39 is 0 Å². The van der Waals surface area contributed by atoms with E-state index in [-0.39, 0.29) is 0 Å². The Bertz CT molecular complexity index is 354. The number of anilines is 1. The minimum Gasteiger partial charge on any atom is -0.367 e. The highest BCUT2D eigenvalue weighted by molar-refractivity contribution is 5.58. The molecule has 0 aliphatic carbocycles. The Balaban J connectivity index is 3.07. The molecular formula is C12H17N3. The van der Waals surface area contributed by atoms with Gasteiger partial charge in [-0.1, -0.05) is 6.92 Å². The summed E-state index contributed by atoms with van der Waals surface area (Å²) in [5.74, 6) is 0. The van der Waals surface area contributed by atoms with Crippen LogP contribution in [0.15, 0.2) is 18.5 Å². The average molecular weight is 203 g/mol. The third-order valence-corrected chi connectivity index (χ3v) is 2.69. The monoisotopic (exact) mass is 203 g/mol. The molecule has 0 radical (unpaired) electrons. The van der Waals surface area contributed by atoms with Crippen molar-refractivity contribution in [3.63, 3.8) is 0 Å². The van der Waals surface area contributed by atoms with Gasteiger partial charge in [0.25, 0.3) is 0 Å². The smallest absolute Gasteiger partial charge is 0.101 e. The van der Waals surface area contributed by atoms with Gasteiger partial charge < -0.3 is 4.90 Å². The van der Waals surface area contributed by atoms with Gasteiger partial charge in [0.05, 0.1) is 17.4 Å². The van der Waals surface area contributed by atoms with Crippen LogP contribution in [0, 0.1) is 11.3 Å². The Morgan fingerprint density at radius 1 is 1.53 bits per heavy atom. The number of nitriles is 1. The quantitative estimate of drug-likeness (QED) is 0.755. The Kier molecular flexibility index (Phi) is 4.11. The SMILES string of the molecule is CCC(C)N(CC)c1cnccc1C#N. The van der Waals surface area contributed by atoms with Crippen LogP contribution in [0.1, 0.15) is 32.8 Å². The van der Waals surface area contributed by atoms with Crippen LogP contribution in [-0.2, 0) is 0 Å². The first kappa shape index (κ1) is 11.5. The van der Waals surface area contributed by atoms with Gasteiger partial charge in [0.2, 0.25) is 0 Å². The van der Waals surface area contributed by atoms with Gasteiger partial charge in [0.1, 0.15) is 6.07 Å². The van der Waals surface area contributed by atoms with E-state index in [1.807, 2.05) is 0 Å². The summed E-state index contributed by atoms with van der Waals surface area (Å²) >= 11 is 0. The molecule has 0 saturated carbocycles. The highest BCUT2D eigenvalue weighted by atomic mass is 15.2. The van der Waals surface area contributed by atoms with Gasteiger partial charge in [-0.25, -0.2) is 0 Å². The van der Waals surface area contributed by atoms with Crippen LogP contribution in [0.25, 0.3) is 0 Å². The van der Waals surface area contributed by atoms with Crippen LogP contribution in [0.2, 0.25) is 0 Å². The fourth-order valence-electron chi connectivity index (χ4n) is 1.65. The lowest BCUT2D eigenvalue weighted by Gasteiger charge is -2.29. The predicted molar refractivity (Wildman–Crippen MR) is 61.7 cm³/mol. The fraction of sp³-hybridized carbons (Fsp3) is 0.500. The van der Waals surface area contributed by atoms with Crippen molar-refractivity contribution in [3.8, 4) is 6.07 Å². The highest BCUT2D eigenvalue weighted by Gasteiger charge is 2.14. The molecule has 0 aromatic carbocycles. The molecular weight excluding hydrogens is 186 g/mol. The molecule has 1 rings (SSSR count). The highest BCUT2D eigenvalue weighted by Crippen LogP contribution is 2.21. The molecule has 80 valence electrons. The topological polar surface area (TPSA) is 39.9 Å². The number of hydrogen-bond donors (Lipinski definition) is 0. The molecule has 1 unspecified atom stereocenters. The summed E-state index contributed by atoms with van der Waals surface area (Å²) in [6.45, 7) is 7.31. The first-order valence-corrected chi connectivity index (χ1v) is 5.35. The molecule has 0 spiro atoms. The molecule has 0 amide bonds. The van der Waals surface area contributed by atoms with Crippen LogP contribution < -0.4 is 4.90 Å². The minimum absolute atomic E-state index is 0.436. The second kappa shape index (κ2) is 5.35. The molecule has 1 atom stereocenters. The van der Waals surface area contributed by atoms with Crippen LogP contribution in [0.3, 0.4) is 0 Å². The fourth-order valence-corrected chi connectivity index (χ4v) is 1.65. The van der Waals surface area contributed by atoms with E-state index in [2.05, 4.69) is 36.7 Å². The molecule has 1 heterocycles. The van der Waals surface area contributed by atoms with E-state index in [4.69, 9.17) is 5.26 Å². The van der Waals surface area contributed by atoms with Crippen molar-refractivity contribution in [3.05, 3.63) is 24.0 Å². The lowest BCUT2D eigenvalue weighted by atomic mass is 10.1. The predicted octanol–water partition coefficient (Wildman–Crippen LogP) is 2.58. The van der Waals surface area contributed by atoms with Crippen molar-refractivity contribution in [1.82, 2.24) is 4.98 Å². The number of nitrogens with zero attached hydrogens (tertiary/aromatic N) is 3. The summed E-state index contributed by atoms with van der Waals surface area (Å²) in [6, 6.07) is 4.41. The van der Waals surface area contributed by atoms with Gasteiger partial charge in [-0.15, -0.1) is 0 Å². The van der Waals surface area contributed by atoms with Gasteiger partial charge in [-0.3, -0.25) is 4.98 Å². The third kappa shape index (κ3) is 2.47. The molecule has 0 bridgehead atoms. The van der Waals surface area contributed by atoms with Crippen molar-refractivity contribution in [1.29, 1.82) is 5.26 Å². The second-order valence-electron chi connectivity index (χ2n) is 3.55. The summed E-state index contributed by atoms with van der Waals surface area (Å²) in [5.41, 5.74) is 1.64. The van der Waals surface area contributed by atoms with Crippen molar-refractivity contribution in [2.45, 2.75) is 33.2 Å². The standard InChI is InChI=1S/C12H17N3/c1-4-10(3)15(5-2)12-9-14-7-6-11(12)8-13/h6-7,9-10H,4-5H2,1-3H3. The van der Waals surface area contributed by atoms with Gasteiger partial charge in [0.15, 0.2) is 0 Å². The number of pyridine rings is 1. The van der Waals surface area contributed by atoms with Crippen molar-refractivity contribution < 1.29 is 0 Å². The first-order chi connectivity index (χ1) is 7.24. The molecule has 1 aromatic rings. The van der Waals surface area contributed by atoms with E-state index in [0.29, 0.717) is 11.6 Å².